The third kappa shape index (κ3) is 6.14. The lowest BCUT2D eigenvalue weighted by Gasteiger charge is -2.33. The highest BCUT2D eigenvalue weighted by Gasteiger charge is 2.45. The van der Waals surface area contributed by atoms with Crippen LogP contribution in [0.1, 0.15) is 59.0 Å². The molecule has 0 bridgehead atoms. The second kappa shape index (κ2) is 11.3. The quantitative estimate of drug-likeness (QED) is 0.352. The molecule has 36 heavy (non-hydrogen) atoms. The Bertz CT molecular complexity index is 1190. The van der Waals surface area contributed by atoms with Gasteiger partial charge in [0.1, 0.15) is 11.3 Å². The van der Waals surface area contributed by atoms with Crippen LogP contribution < -0.4 is 16.2 Å². The molecule has 4 rings (SSSR count). The smallest absolute Gasteiger partial charge is 0.305 e. The number of halogens is 1. The number of benzene rings is 1. The lowest BCUT2D eigenvalue weighted by molar-refractivity contribution is -0.143. The van der Waals surface area contributed by atoms with E-state index in [-0.39, 0.29) is 29.5 Å². The molecule has 2 N–H and O–H groups in total. The fraction of sp³-hybridized carbons (Fsp3) is 0.462. The van der Waals surface area contributed by atoms with E-state index in [0.29, 0.717) is 56.3 Å². The van der Waals surface area contributed by atoms with Gasteiger partial charge in [-0.1, -0.05) is 23.7 Å². The number of amides is 2. The molecule has 1 aromatic carbocycles. The Kier molecular flexibility index (Phi) is 8.11. The molecule has 0 atom stereocenters. The van der Waals surface area contributed by atoms with Crippen molar-refractivity contribution in [1.82, 2.24) is 20.1 Å². The predicted molar refractivity (Wildman–Crippen MR) is 135 cm³/mol. The molecule has 1 aliphatic carbocycles. The minimum absolute atomic E-state index is 0.0101. The molecule has 10 heteroatoms. The zero-order chi connectivity index (χ0) is 25.7. The van der Waals surface area contributed by atoms with E-state index in [1.807, 2.05) is 0 Å². The van der Waals surface area contributed by atoms with E-state index >= 15 is 0 Å². The summed E-state index contributed by atoms with van der Waals surface area (Å²) in [5.41, 5.74) is 0.552. The van der Waals surface area contributed by atoms with Gasteiger partial charge in [0.2, 0.25) is 0 Å². The van der Waals surface area contributed by atoms with Crippen LogP contribution in [-0.4, -0.2) is 59.0 Å². The molecule has 0 spiro atoms. The number of esters is 1. The molecule has 2 heterocycles. The molecule has 9 nitrogen and oxygen atoms in total. The summed E-state index contributed by atoms with van der Waals surface area (Å²) in [5, 5.41) is 6.85. The van der Waals surface area contributed by atoms with Crippen molar-refractivity contribution in [2.75, 3.05) is 26.2 Å². The topological polar surface area (TPSA) is 110 Å². The fourth-order valence-electron chi connectivity index (χ4n) is 4.40. The summed E-state index contributed by atoms with van der Waals surface area (Å²) in [6, 6.07) is 10.1. The minimum Gasteiger partial charge on any atom is -0.466 e. The molecular weight excluding hydrogens is 484 g/mol. The van der Waals surface area contributed by atoms with Crippen molar-refractivity contribution in [3.63, 3.8) is 0 Å². The molecule has 0 radical (unpaired) electrons. The van der Waals surface area contributed by atoms with Gasteiger partial charge in [0.05, 0.1) is 6.61 Å². The first-order valence-corrected chi connectivity index (χ1v) is 12.7. The summed E-state index contributed by atoms with van der Waals surface area (Å²) in [6.45, 7) is 4.38. The minimum atomic E-state index is -0.482. The van der Waals surface area contributed by atoms with Gasteiger partial charge in [0.25, 0.3) is 17.4 Å². The summed E-state index contributed by atoms with van der Waals surface area (Å²) in [5.74, 6) is -0.898. The maximum absolute atomic E-state index is 13.2. The highest BCUT2D eigenvalue weighted by molar-refractivity contribution is 6.30. The molecule has 0 saturated heterocycles. The van der Waals surface area contributed by atoms with Crippen molar-refractivity contribution in [3.8, 4) is 0 Å². The molecule has 2 aromatic rings. The molecule has 192 valence electrons. The molecule has 1 fully saturated rings. The van der Waals surface area contributed by atoms with Gasteiger partial charge < -0.3 is 24.8 Å². The lowest BCUT2D eigenvalue weighted by atomic mass is 10.1. The van der Waals surface area contributed by atoms with Gasteiger partial charge in [-0.05, 0) is 62.6 Å². The van der Waals surface area contributed by atoms with Crippen molar-refractivity contribution in [2.45, 2.75) is 51.2 Å². The van der Waals surface area contributed by atoms with E-state index in [4.69, 9.17) is 16.3 Å². The number of nitrogens with zero attached hydrogens (tertiary/aromatic N) is 2. The van der Waals surface area contributed by atoms with Crippen LogP contribution in [0.5, 0.6) is 0 Å². The van der Waals surface area contributed by atoms with Crippen LogP contribution in [0.25, 0.3) is 0 Å². The Balaban J connectivity index is 1.34. The number of rotatable bonds is 11. The zero-order valence-corrected chi connectivity index (χ0v) is 21.1. The average Bonchev–Trinajstić information content (AvgIpc) is 3.63. The third-order valence-corrected chi connectivity index (χ3v) is 6.85. The standard InChI is InChI=1S/C26H31ClN4O5/c1-2-36-22(32)4-3-13-29-26(11-12-26)17-30-14-15-31-21(25(30)35)10-9-20(24(31)34)23(33)28-16-18-5-7-19(27)8-6-18/h5-10,29H,2-4,11-17H2,1H3,(H,28,33). The average molecular weight is 515 g/mol. The number of aromatic nitrogens is 1. The molecule has 1 aromatic heterocycles. The van der Waals surface area contributed by atoms with Crippen LogP contribution in [0.4, 0.5) is 0 Å². The summed E-state index contributed by atoms with van der Waals surface area (Å²) < 4.78 is 6.34. The monoisotopic (exact) mass is 514 g/mol. The van der Waals surface area contributed by atoms with Crippen LogP contribution in [0, 0.1) is 0 Å². The summed E-state index contributed by atoms with van der Waals surface area (Å²) >= 11 is 5.89. The van der Waals surface area contributed by atoms with Crippen molar-refractivity contribution >= 4 is 29.4 Å². The van der Waals surface area contributed by atoms with Gasteiger partial charge in [-0.2, -0.15) is 0 Å². The van der Waals surface area contributed by atoms with Gasteiger partial charge in [0, 0.05) is 43.2 Å². The summed E-state index contributed by atoms with van der Waals surface area (Å²) in [4.78, 5) is 52.1. The maximum Gasteiger partial charge on any atom is 0.305 e. The first kappa shape index (κ1) is 25.9. The number of nitrogens with one attached hydrogen (secondary N) is 2. The highest BCUT2D eigenvalue weighted by Crippen LogP contribution is 2.36. The largest absolute Gasteiger partial charge is 0.466 e. The maximum atomic E-state index is 13.2. The Labute approximate surface area is 214 Å². The Morgan fingerprint density at radius 1 is 1.08 bits per heavy atom. The van der Waals surface area contributed by atoms with Crippen LogP contribution in [-0.2, 0) is 22.6 Å². The first-order chi connectivity index (χ1) is 17.3. The Hall–Kier alpha value is -3.17. The van der Waals surface area contributed by atoms with Crippen molar-refractivity contribution < 1.29 is 19.1 Å². The SMILES string of the molecule is CCOC(=O)CCCNC1(CN2CCn3c(ccc(C(=O)NCc4ccc(Cl)cc4)c3=O)C2=O)CC1. The summed E-state index contributed by atoms with van der Waals surface area (Å²) in [7, 11) is 0. The van der Waals surface area contributed by atoms with Gasteiger partial charge >= 0.3 is 5.97 Å². The van der Waals surface area contributed by atoms with E-state index in [9.17, 15) is 19.2 Å². The van der Waals surface area contributed by atoms with Gasteiger partial charge in [0.15, 0.2) is 0 Å². The number of ether oxygens (including phenoxy) is 1. The molecule has 2 amide bonds. The lowest BCUT2D eigenvalue weighted by Crippen LogP contribution is -2.51. The van der Waals surface area contributed by atoms with Gasteiger partial charge in [-0.3, -0.25) is 19.2 Å². The highest BCUT2D eigenvalue weighted by atomic mass is 35.5. The summed E-state index contributed by atoms with van der Waals surface area (Å²) in [6.07, 6.45) is 2.95. The van der Waals surface area contributed by atoms with E-state index < -0.39 is 11.5 Å². The van der Waals surface area contributed by atoms with Crippen LogP contribution in [0.15, 0.2) is 41.2 Å². The molecule has 0 unspecified atom stereocenters. The molecule has 1 saturated carbocycles. The normalized spacial score (nSPS) is 15.8. The van der Waals surface area contributed by atoms with E-state index in [2.05, 4.69) is 10.6 Å². The number of fused-ring (bicyclic) bond motifs is 1. The number of carbonyl (C=O) groups excluding carboxylic acids is 3. The fourth-order valence-corrected chi connectivity index (χ4v) is 4.53. The molecular formula is C26H31ClN4O5. The predicted octanol–water partition coefficient (Wildman–Crippen LogP) is 2.35. The number of carbonyl (C=O) groups is 3. The molecule has 1 aliphatic heterocycles. The first-order valence-electron chi connectivity index (χ1n) is 12.3. The second-order valence-electron chi connectivity index (χ2n) is 9.24. The van der Waals surface area contributed by atoms with Gasteiger partial charge in [-0.25, -0.2) is 0 Å². The van der Waals surface area contributed by atoms with E-state index in [1.165, 1.54) is 10.6 Å². The Morgan fingerprint density at radius 3 is 2.53 bits per heavy atom. The Morgan fingerprint density at radius 2 is 1.83 bits per heavy atom. The number of hydrogen-bond donors (Lipinski definition) is 2. The zero-order valence-electron chi connectivity index (χ0n) is 20.3. The third-order valence-electron chi connectivity index (χ3n) is 6.60. The second-order valence-corrected chi connectivity index (χ2v) is 9.68. The van der Waals surface area contributed by atoms with Crippen LogP contribution in [0.3, 0.4) is 0 Å². The molecule has 2 aliphatic rings. The van der Waals surface area contributed by atoms with Crippen LogP contribution in [0.2, 0.25) is 5.02 Å². The van der Waals surface area contributed by atoms with Crippen molar-refractivity contribution in [2.24, 2.45) is 0 Å². The van der Waals surface area contributed by atoms with E-state index in [1.54, 1.807) is 42.2 Å². The number of hydrogen-bond acceptors (Lipinski definition) is 6. The van der Waals surface area contributed by atoms with Crippen LogP contribution >= 0.6 is 11.6 Å². The van der Waals surface area contributed by atoms with E-state index in [0.717, 1.165) is 18.4 Å². The van der Waals surface area contributed by atoms with Crippen molar-refractivity contribution in [1.29, 1.82) is 0 Å². The van der Waals surface area contributed by atoms with Crippen molar-refractivity contribution in [3.05, 3.63) is 68.6 Å². The number of pyridine rings is 1. The van der Waals surface area contributed by atoms with Gasteiger partial charge in [-0.15, -0.1) is 0 Å².